The molecule has 5 rings (SSSR count). The fourth-order valence-electron chi connectivity index (χ4n) is 4.77. The molecule has 0 saturated carbocycles. The molecule has 1 saturated heterocycles. The molecule has 2 aromatic carbocycles. The third-order valence-corrected chi connectivity index (χ3v) is 8.00. The van der Waals surface area contributed by atoms with E-state index in [2.05, 4.69) is 15.6 Å². The number of benzene rings is 2. The van der Waals surface area contributed by atoms with E-state index >= 15 is 0 Å². The number of amides is 3. The number of nitrogens with zero attached hydrogens (tertiary/aromatic N) is 1. The third kappa shape index (κ3) is 5.43. The Balaban J connectivity index is 1.39. The molecular formula is C28H24N4O8S. The number of carboxylic acids is 1. The van der Waals surface area contributed by atoms with Gasteiger partial charge < -0.3 is 25.5 Å². The Hall–Kier alpha value is -4.91. The molecule has 0 bridgehead atoms. The Kier molecular flexibility index (Phi) is 7.62. The predicted octanol–water partition coefficient (Wildman–Crippen LogP) is 1.30. The molecule has 1 aromatic heterocycles. The molecule has 4 N–H and O–H groups in total. The second-order valence-corrected chi connectivity index (χ2v) is 10.4. The minimum Gasteiger partial charge on any atom is -0.477 e. The normalized spacial score (nSPS) is 18.7. The minimum atomic E-state index is -1.35. The van der Waals surface area contributed by atoms with Crippen molar-refractivity contribution in [2.24, 2.45) is 0 Å². The summed E-state index contributed by atoms with van der Waals surface area (Å²) in [6.45, 7) is 0.928. The predicted molar refractivity (Wildman–Crippen MR) is 148 cm³/mol. The van der Waals surface area contributed by atoms with Gasteiger partial charge in [-0.05, 0) is 11.6 Å². The van der Waals surface area contributed by atoms with Crippen LogP contribution in [0.5, 0.6) is 0 Å². The van der Waals surface area contributed by atoms with Crippen LogP contribution in [-0.2, 0) is 23.9 Å². The van der Waals surface area contributed by atoms with Gasteiger partial charge in [-0.3, -0.25) is 28.9 Å². The first kappa shape index (κ1) is 27.6. The van der Waals surface area contributed by atoms with Crippen molar-refractivity contribution < 1.29 is 33.8 Å². The van der Waals surface area contributed by atoms with E-state index in [1.165, 1.54) is 18.7 Å². The van der Waals surface area contributed by atoms with Crippen LogP contribution in [0.1, 0.15) is 28.9 Å². The van der Waals surface area contributed by atoms with Crippen molar-refractivity contribution in [1.82, 2.24) is 20.5 Å². The lowest BCUT2D eigenvalue weighted by atomic mass is 10.0. The van der Waals surface area contributed by atoms with Gasteiger partial charge in [-0.15, -0.1) is 11.8 Å². The Labute approximate surface area is 236 Å². The number of nitrogens with one attached hydrogen (secondary N) is 3. The second-order valence-electron chi connectivity index (χ2n) is 9.34. The number of ether oxygens (including phenoxy) is 1. The SMILES string of the molecule is CC(=O)OCC1=C(C(=O)O)N2C(=O)[C@H](NC(=O)C(NC(=O)c3cc(=O)[nH]c4ccccc34)c3ccccc3)[C@H]2SC1. The summed E-state index contributed by atoms with van der Waals surface area (Å²) in [5.74, 6) is -3.77. The quantitative estimate of drug-likeness (QED) is 0.228. The molecule has 210 valence electrons. The fourth-order valence-corrected chi connectivity index (χ4v) is 6.09. The van der Waals surface area contributed by atoms with E-state index in [-0.39, 0.29) is 29.2 Å². The van der Waals surface area contributed by atoms with Crippen molar-refractivity contribution in [2.45, 2.75) is 24.4 Å². The number of fused-ring (bicyclic) bond motifs is 2. The van der Waals surface area contributed by atoms with Gasteiger partial charge in [-0.25, -0.2) is 4.79 Å². The summed E-state index contributed by atoms with van der Waals surface area (Å²) >= 11 is 1.22. The highest BCUT2D eigenvalue weighted by atomic mass is 32.2. The summed E-state index contributed by atoms with van der Waals surface area (Å²) in [5, 5.41) is 14.9. The Morgan fingerprint density at radius 2 is 1.80 bits per heavy atom. The van der Waals surface area contributed by atoms with Gasteiger partial charge in [0.15, 0.2) is 0 Å². The van der Waals surface area contributed by atoms with Crippen molar-refractivity contribution >= 4 is 52.3 Å². The van der Waals surface area contributed by atoms with Gasteiger partial charge >= 0.3 is 11.9 Å². The zero-order chi connectivity index (χ0) is 29.3. The maximum atomic E-state index is 13.6. The molecule has 3 amide bonds. The molecule has 3 heterocycles. The molecule has 2 aliphatic rings. The van der Waals surface area contributed by atoms with Crippen LogP contribution in [0.4, 0.5) is 0 Å². The van der Waals surface area contributed by atoms with Crippen molar-refractivity contribution in [3.63, 3.8) is 0 Å². The molecule has 0 aliphatic carbocycles. The zero-order valence-electron chi connectivity index (χ0n) is 21.6. The summed E-state index contributed by atoms with van der Waals surface area (Å²) < 4.78 is 4.94. The summed E-state index contributed by atoms with van der Waals surface area (Å²) in [6.07, 6.45) is 0. The van der Waals surface area contributed by atoms with Crippen LogP contribution in [-0.4, -0.2) is 68.4 Å². The van der Waals surface area contributed by atoms with Crippen LogP contribution in [0.2, 0.25) is 0 Å². The number of hydrogen-bond acceptors (Lipinski definition) is 8. The zero-order valence-corrected chi connectivity index (χ0v) is 22.4. The van der Waals surface area contributed by atoms with E-state index in [9.17, 15) is 33.9 Å². The van der Waals surface area contributed by atoms with Gasteiger partial charge in [0.25, 0.3) is 11.8 Å². The van der Waals surface area contributed by atoms with Gasteiger partial charge in [0.1, 0.15) is 29.8 Å². The van der Waals surface area contributed by atoms with Crippen LogP contribution >= 0.6 is 11.8 Å². The van der Waals surface area contributed by atoms with E-state index in [0.717, 1.165) is 11.0 Å². The highest BCUT2D eigenvalue weighted by Gasteiger charge is 2.54. The number of aromatic amines is 1. The number of H-pyrrole nitrogens is 1. The number of carbonyl (C=O) groups is 5. The largest absolute Gasteiger partial charge is 0.477 e. The smallest absolute Gasteiger partial charge is 0.352 e. The van der Waals surface area contributed by atoms with Gasteiger partial charge in [0.05, 0.1) is 5.56 Å². The highest BCUT2D eigenvalue weighted by Crippen LogP contribution is 2.40. The van der Waals surface area contributed by atoms with Crippen LogP contribution < -0.4 is 16.2 Å². The maximum absolute atomic E-state index is 13.6. The van der Waals surface area contributed by atoms with Crippen LogP contribution in [0.3, 0.4) is 0 Å². The average Bonchev–Trinajstić information content (AvgIpc) is 2.96. The summed E-state index contributed by atoms with van der Waals surface area (Å²) in [7, 11) is 0. The van der Waals surface area contributed by atoms with E-state index in [1.54, 1.807) is 54.6 Å². The number of para-hydroxylation sites is 1. The van der Waals surface area contributed by atoms with Crippen molar-refractivity contribution in [1.29, 1.82) is 0 Å². The van der Waals surface area contributed by atoms with Crippen molar-refractivity contribution in [3.8, 4) is 0 Å². The number of β-lactam (4-membered cyclic amide) rings is 1. The number of carbonyl (C=O) groups excluding carboxylic acids is 4. The molecule has 41 heavy (non-hydrogen) atoms. The summed E-state index contributed by atoms with van der Waals surface area (Å²) in [4.78, 5) is 79.2. The Morgan fingerprint density at radius 1 is 1.10 bits per heavy atom. The lowest BCUT2D eigenvalue weighted by Gasteiger charge is -2.49. The van der Waals surface area contributed by atoms with Crippen molar-refractivity contribution in [3.05, 3.63) is 93.4 Å². The van der Waals surface area contributed by atoms with Gasteiger partial charge in [0, 0.05) is 35.2 Å². The molecular weight excluding hydrogens is 552 g/mol. The molecule has 0 spiro atoms. The molecule has 1 fully saturated rings. The molecule has 3 atom stereocenters. The lowest BCUT2D eigenvalue weighted by Crippen LogP contribution is -2.71. The van der Waals surface area contributed by atoms with E-state index < -0.39 is 52.7 Å². The van der Waals surface area contributed by atoms with Crippen molar-refractivity contribution in [2.75, 3.05) is 12.4 Å². The lowest BCUT2D eigenvalue weighted by molar-refractivity contribution is -0.151. The maximum Gasteiger partial charge on any atom is 0.352 e. The molecule has 12 nitrogen and oxygen atoms in total. The second kappa shape index (κ2) is 11.3. The molecule has 0 radical (unpaired) electrons. The number of hydrogen-bond donors (Lipinski definition) is 4. The Morgan fingerprint density at radius 3 is 2.51 bits per heavy atom. The van der Waals surface area contributed by atoms with E-state index in [0.29, 0.717) is 16.5 Å². The van der Waals surface area contributed by atoms with Gasteiger partial charge in [-0.1, -0.05) is 48.5 Å². The van der Waals surface area contributed by atoms with Gasteiger partial charge in [0.2, 0.25) is 11.5 Å². The highest BCUT2D eigenvalue weighted by molar-refractivity contribution is 8.00. The van der Waals surface area contributed by atoms with E-state index in [4.69, 9.17) is 4.74 Å². The number of carboxylic acid groups (broad SMARTS) is 1. The first-order valence-corrected chi connectivity index (χ1v) is 13.5. The number of pyridine rings is 1. The standard InChI is InChI=1S/C28H24N4O8S/c1-14(33)40-12-16-13-41-27-22(26(37)32(27)23(16)28(38)39)31-25(36)21(15-7-3-2-4-8-15)30-24(35)18-11-20(34)29-19-10-6-5-9-17(18)19/h2-11,21-22,27H,12-13H2,1H3,(H,29,34)(H,30,35)(H,31,36)(H,38,39)/t21?,22-,27+/m0/s1. The molecule has 3 aromatic rings. The van der Waals surface area contributed by atoms with Crippen LogP contribution in [0.15, 0.2) is 76.7 Å². The third-order valence-electron chi connectivity index (χ3n) is 6.66. The summed E-state index contributed by atoms with van der Waals surface area (Å²) in [5.41, 5.74) is 0.465. The minimum absolute atomic E-state index is 0.0726. The topological polar surface area (TPSA) is 175 Å². The van der Waals surface area contributed by atoms with Gasteiger partial charge in [-0.2, -0.15) is 0 Å². The number of rotatable bonds is 8. The Bertz CT molecular complexity index is 1670. The number of aromatic nitrogens is 1. The van der Waals surface area contributed by atoms with Crippen LogP contribution in [0.25, 0.3) is 10.9 Å². The monoisotopic (exact) mass is 576 g/mol. The van der Waals surface area contributed by atoms with E-state index in [1.807, 2.05) is 0 Å². The first-order valence-electron chi connectivity index (χ1n) is 12.5. The number of thioether (sulfide) groups is 1. The van der Waals surface area contributed by atoms with Crippen LogP contribution in [0, 0.1) is 0 Å². The average molecular weight is 577 g/mol. The first-order chi connectivity index (χ1) is 19.7. The number of esters is 1. The fraction of sp³-hybridized carbons (Fsp3) is 0.214. The number of aliphatic carboxylic acids is 1. The molecule has 1 unspecified atom stereocenters. The molecule has 2 aliphatic heterocycles. The molecule has 13 heteroatoms. The summed E-state index contributed by atoms with van der Waals surface area (Å²) in [6, 6.07) is 14.0.